The van der Waals surface area contributed by atoms with Gasteiger partial charge in [-0.1, -0.05) is 0 Å². The Labute approximate surface area is 78.1 Å². The van der Waals surface area contributed by atoms with Gasteiger partial charge in [-0.25, -0.2) is 4.79 Å². The van der Waals surface area contributed by atoms with E-state index in [1.54, 1.807) is 14.0 Å². The zero-order valence-electron chi connectivity index (χ0n) is 8.28. The first-order valence-electron chi connectivity index (χ1n) is 4.08. The van der Waals surface area contributed by atoms with E-state index in [4.69, 9.17) is 19.9 Å². The number of methoxy groups -OCH3 is 2. The van der Waals surface area contributed by atoms with Crippen LogP contribution in [0.25, 0.3) is 0 Å². The number of esters is 1. The monoisotopic (exact) mass is 191 g/mol. The molecule has 0 saturated heterocycles. The predicted octanol–water partition coefficient (Wildman–Crippen LogP) is -0.462. The van der Waals surface area contributed by atoms with E-state index in [9.17, 15) is 4.79 Å². The first-order valence-corrected chi connectivity index (χ1v) is 4.08. The molecule has 0 heterocycles. The summed E-state index contributed by atoms with van der Waals surface area (Å²) < 4.78 is 14.6. The molecule has 0 aromatic heterocycles. The molecule has 0 fully saturated rings. The quantitative estimate of drug-likeness (QED) is 0.575. The summed E-state index contributed by atoms with van der Waals surface area (Å²) in [5.41, 5.74) is 5.28. The molecule has 0 spiro atoms. The average molecular weight is 191 g/mol. The van der Waals surface area contributed by atoms with E-state index in [-0.39, 0.29) is 12.6 Å². The molecule has 13 heavy (non-hydrogen) atoms. The molecule has 0 aromatic rings. The van der Waals surface area contributed by atoms with Crippen LogP contribution < -0.4 is 5.73 Å². The van der Waals surface area contributed by atoms with Crippen LogP contribution in [0.5, 0.6) is 0 Å². The molecule has 5 heteroatoms. The van der Waals surface area contributed by atoms with E-state index in [0.29, 0.717) is 6.61 Å². The lowest BCUT2D eigenvalue weighted by Gasteiger charge is -2.16. The minimum atomic E-state index is -0.681. The van der Waals surface area contributed by atoms with Crippen molar-refractivity contribution in [3.8, 4) is 0 Å². The molecule has 78 valence electrons. The highest BCUT2D eigenvalue weighted by Crippen LogP contribution is 1.97. The van der Waals surface area contributed by atoms with Crippen molar-refractivity contribution in [2.75, 3.05) is 27.4 Å². The fourth-order valence-electron chi connectivity index (χ4n) is 0.832. The van der Waals surface area contributed by atoms with Crippen LogP contribution in [0, 0.1) is 0 Å². The van der Waals surface area contributed by atoms with Crippen molar-refractivity contribution >= 4 is 5.97 Å². The van der Waals surface area contributed by atoms with Crippen molar-refractivity contribution in [3.63, 3.8) is 0 Å². The van der Waals surface area contributed by atoms with Crippen LogP contribution in [-0.2, 0) is 19.0 Å². The van der Waals surface area contributed by atoms with Crippen molar-refractivity contribution < 1.29 is 19.0 Å². The van der Waals surface area contributed by atoms with Gasteiger partial charge in [-0.15, -0.1) is 0 Å². The highest BCUT2D eigenvalue weighted by atomic mass is 16.6. The van der Waals surface area contributed by atoms with Gasteiger partial charge in [0.1, 0.15) is 6.10 Å². The van der Waals surface area contributed by atoms with Crippen LogP contribution in [0.2, 0.25) is 0 Å². The van der Waals surface area contributed by atoms with Crippen molar-refractivity contribution in [2.45, 2.75) is 19.1 Å². The van der Waals surface area contributed by atoms with Crippen molar-refractivity contribution in [1.82, 2.24) is 0 Å². The summed E-state index contributed by atoms with van der Waals surface area (Å²) >= 11 is 0. The molecule has 5 nitrogen and oxygen atoms in total. The number of rotatable bonds is 6. The summed E-state index contributed by atoms with van der Waals surface area (Å²) in [6.45, 7) is 2.23. The molecular weight excluding hydrogens is 174 g/mol. The van der Waals surface area contributed by atoms with E-state index < -0.39 is 12.1 Å². The maximum Gasteiger partial charge on any atom is 0.336 e. The first kappa shape index (κ1) is 12.3. The number of nitrogens with two attached hydrogens (primary N) is 1. The fourth-order valence-corrected chi connectivity index (χ4v) is 0.832. The Kier molecular flexibility index (Phi) is 6.48. The van der Waals surface area contributed by atoms with Gasteiger partial charge in [-0.05, 0) is 6.92 Å². The van der Waals surface area contributed by atoms with E-state index >= 15 is 0 Å². The Morgan fingerprint density at radius 1 is 1.46 bits per heavy atom. The van der Waals surface area contributed by atoms with Gasteiger partial charge < -0.3 is 19.9 Å². The molecule has 0 bridgehead atoms. The summed E-state index contributed by atoms with van der Waals surface area (Å²) in [5.74, 6) is -0.449. The van der Waals surface area contributed by atoms with Gasteiger partial charge >= 0.3 is 5.97 Å². The normalized spacial score (nSPS) is 15.1. The summed E-state index contributed by atoms with van der Waals surface area (Å²) in [6, 6.07) is 0. The van der Waals surface area contributed by atoms with Crippen LogP contribution in [0.3, 0.4) is 0 Å². The van der Waals surface area contributed by atoms with Crippen LogP contribution in [0.4, 0.5) is 0 Å². The smallest absolute Gasteiger partial charge is 0.336 e. The van der Waals surface area contributed by atoms with Gasteiger partial charge in [-0.3, -0.25) is 0 Å². The predicted molar refractivity (Wildman–Crippen MR) is 47.3 cm³/mol. The molecule has 0 radical (unpaired) electrons. The Bertz CT molecular complexity index is 147. The van der Waals surface area contributed by atoms with Gasteiger partial charge in [0.05, 0.1) is 6.61 Å². The highest BCUT2D eigenvalue weighted by molar-refractivity contribution is 5.75. The van der Waals surface area contributed by atoms with Crippen molar-refractivity contribution in [2.24, 2.45) is 5.73 Å². The molecule has 2 atom stereocenters. The SMILES string of the molecule is COCC(C)OC(=O)C(CN)OC. The van der Waals surface area contributed by atoms with Crippen molar-refractivity contribution in [3.05, 3.63) is 0 Å². The second-order valence-corrected chi connectivity index (χ2v) is 2.66. The summed E-state index contributed by atoms with van der Waals surface area (Å²) in [7, 11) is 2.96. The topological polar surface area (TPSA) is 70.8 Å². The zero-order chi connectivity index (χ0) is 10.3. The maximum atomic E-state index is 11.2. The second kappa shape index (κ2) is 6.82. The zero-order valence-corrected chi connectivity index (χ0v) is 8.28. The molecule has 0 aromatic carbocycles. The Hall–Kier alpha value is -0.650. The molecule has 2 unspecified atom stereocenters. The van der Waals surface area contributed by atoms with E-state index in [1.807, 2.05) is 0 Å². The van der Waals surface area contributed by atoms with Crippen LogP contribution >= 0.6 is 0 Å². The summed E-state index contributed by atoms with van der Waals surface area (Å²) in [6.07, 6.45) is -0.957. The number of hydrogen-bond donors (Lipinski definition) is 1. The third kappa shape index (κ3) is 4.82. The molecule has 0 aliphatic rings. The average Bonchev–Trinajstić information content (AvgIpc) is 2.06. The van der Waals surface area contributed by atoms with Crippen LogP contribution in [0.1, 0.15) is 6.92 Å². The van der Waals surface area contributed by atoms with Gasteiger partial charge in [0.15, 0.2) is 6.10 Å². The molecule has 0 saturated carbocycles. The fraction of sp³-hybridized carbons (Fsp3) is 0.875. The standard InChI is InChI=1S/C8H17NO4/c1-6(5-11-2)13-8(10)7(4-9)12-3/h6-7H,4-5,9H2,1-3H3. The van der Waals surface area contributed by atoms with Gasteiger partial charge in [0.25, 0.3) is 0 Å². The Balaban J connectivity index is 3.83. The second-order valence-electron chi connectivity index (χ2n) is 2.66. The molecule has 0 aliphatic carbocycles. The van der Waals surface area contributed by atoms with Crippen LogP contribution in [0.15, 0.2) is 0 Å². The maximum absolute atomic E-state index is 11.2. The van der Waals surface area contributed by atoms with Crippen molar-refractivity contribution in [1.29, 1.82) is 0 Å². The van der Waals surface area contributed by atoms with Gasteiger partial charge in [-0.2, -0.15) is 0 Å². The molecule has 2 N–H and O–H groups in total. The van der Waals surface area contributed by atoms with E-state index in [2.05, 4.69) is 0 Å². The van der Waals surface area contributed by atoms with E-state index in [1.165, 1.54) is 7.11 Å². The summed E-state index contributed by atoms with van der Waals surface area (Å²) in [4.78, 5) is 11.2. The molecule has 0 amide bonds. The molecule has 0 rings (SSSR count). The minimum absolute atomic E-state index is 0.120. The number of carbonyl (C=O) groups is 1. The number of carbonyl (C=O) groups excluding carboxylic acids is 1. The Morgan fingerprint density at radius 3 is 2.46 bits per heavy atom. The first-order chi connectivity index (χ1) is 6.15. The Morgan fingerprint density at radius 2 is 2.08 bits per heavy atom. The third-order valence-corrected chi connectivity index (χ3v) is 1.48. The van der Waals surface area contributed by atoms with Gasteiger partial charge in [0, 0.05) is 20.8 Å². The highest BCUT2D eigenvalue weighted by Gasteiger charge is 2.19. The summed E-state index contributed by atoms with van der Waals surface area (Å²) in [5, 5.41) is 0. The third-order valence-electron chi connectivity index (χ3n) is 1.48. The number of ether oxygens (including phenoxy) is 3. The minimum Gasteiger partial charge on any atom is -0.458 e. The molecular formula is C8H17NO4. The van der Waals surface area contributed by atoms with Gasteiger partial charge in [0.2, 0.25) is 0 Å². The molecule has 0 aliphatic heterocycles. The lowest BCUT2D eigenvalue weighted by Crippen LogP contribution is -2.35. The van der Waals surface area contributed by atoms with E-state index in [0.717, 1.165) is 0 Å². The lowest BCUT2D eigenvalue weighted by molar-refractivity contribution is -0.161. The lowest BCUT2D eigenvalue weighted by atomic mass is 10.3. The van der Waals surface area contributed by atoms with Crippen LogP contribution in [-0.4, -0.2) is 45.5 Å². The largest absolute Gasteiger partial charge is 0.458 e. The number of hydrogen-bond acceptors (Lipinski definition) is 5.